The largest absolute Gasteiger partial charge is 0.380 e. The molecule has 2 aliphatic rings. The molecule has 5 nitrogen and oxygen atoms in total. The average molecular weight is 330 g/mol. The van der Waals surface area contributed by atoms with E-state index in [2.05, 4.69) is 19.8 Å². The van der Waals surface area contributed by atoms with Crippen molar-refractivity contribution in [3.8, 4) is 0 Å². The molecule has 0 unspecified atom stereocenters. The lowest BCUT2D eigenvalue weighted by Gasteiger charge is -2.23. The Balaban J connectivity index is 1.35. The van der Waals surface area contributed by atoms with Crippen molar-refractivity contribution >= 4 is 5.69 Å². The van der Waals surface area contributed by atoms with E-state index in [9.17, 15) is 4.39 Å². The summed E-state index contributed by atoms with van der Waals surface area (Å²) in [7, 11) is 2.03. The Morgan fingerprint density at radius 2 is 2.38 bits per heavy atom. The molecule has 1 aromatic heterocycles. The molecule has 3 heterocycles. The van der Waals surface area contributed by atoms with E-state index in [1.807, 2.05) is 25.5 Å². The number of hydrogen-bond acceptors (Lipinski definition) is 4. The summed E-state index contributed by atoms with van der Waals surface area (Å²) >= 11 is 0. The van der Waals surface area contributed by atoms with Crippen LogP contribution in [-0.2, 0) is 18.3 Å². The average Bonchev–Trinajstić information content (AvgIpc) is 3.24. The van der Waals surface area contributed by atoms with Gasteiger partial charge >= 0.3 is 0 Å². The second-order valence-electron chi connectivity index (χ2n) is 6.96. The summed E-state index contributed by atoms with van der Waals surface area (Å²) < 4.78 is 21.5. The molecule has 4 rings (SSSR count). The zero-order valence-corrected chi connectivity index (χ0v) is 13.9. The highest BCUT2D eigenvalue weighted by Crippen LogP contribution is 2.36. The minimum Gasteiger partial charge on any atom is -0.380 e. The monoisotopic (exact) mass is 330 g/mol. The fraction of sp³-hybridized carbons (Fsp3) is 0.500. The van der Waals surface area contributed by atoms with Crippen molar-refractivity contribution in [1.82, 2.24) is 14.5 Å². The Labute approximate surface area is 141 Å². The zero-order valence-electron chi connectivity index (χ0n) is 13.9. The molecule has 1 spiro atoms. The molecule has 0 aliphatic carbocycles. The topological polar surface area (TPSA) is 42.3 Å². The predicted molar refractivity (Wildman–Crippen MR) is 90.2 cm³/mol. The van der Waals surface area contributed by atoms with Crippen LogP contribution < -0.4 is 5.32 Å². The molecule has 128 valence electrons. The fourth-order valence-electron chi connectivity index (χ4n) is 3.85. The summed E-state index contributed by atoms with van der Waals surface area (Å²) in [5, 5.41) is 3.40. The summed E-state index contributed by atoms with van der Waals surface area (Å²) in [6.45, 7) is 3.49. The maximum absolute atomic E-state index is 13.3. The van der Waals surface area contributed by atoms with E-state index in [0.717, 1.165) is 44.0 Å². The lowest BCUT2D eigenvalue weighted by Crippen LogP contribution is -2.33. The Morgan fingerprint density at radius 1 is 1.46 bits per heavy atom. The number of ether oxygens (including phenoxy) is 1. The minimum atomic E-state index is -0.212. The van der Waals surface area contributed by atoms with Crippen LogP contribution in [-0.4, -0.2) is 45.8 Å². The number of imidazole rings is 1. The smallest absolute Gasteiger partial charge is 0.125 e. The van der Waals surface area contributed by atoms with E-state index in [4.69, 9.17) is 4.74 Å². The molecule has 0 amide bonds. The highest BCUT2D eigenvalue weighted by Gasteiger charge is 2.45. The van der Waals surface area contributed by atoms with E-state index >= 15 is 0 Å². The van der Waals surface area contributed by atoms with Crippen LogP contribution in [0.2, 0.25) is 0 Å². The molecule has 1 N–H and O–H groups in total. The summed E-state index contributed by atoms with van der Waals surface area (Å²) in [6, 6.07) is 6.86. The van der Waals surface area contributed by atoms with Crippen molar-refractivity contribution < 1.29 is 9.13 Å². The SMILES string of the molecule is Cn1ccnc1CN1CC[C@@]2(C[C@@H](Nc3cccc(F)c3)CO2)C1. The van der Waals surface area contributed by atoms with Crippen LogP contribution >= 0.6 is 0 Å². The zero-order chi connectivity index (χ0) is 16.6. The van der Waals surface area contributed by atoms with Crippen LogP contribution in [0, 0.1) is 5.82 Å². The standard InChI is InChI=1S/C18H23FN4O/c1-22-8-6-20-17(22)11-23-7-5-18(13-23)10-16(12-24-18)21-15-4-2-3-14(19)9-15/h2-4,6,8-9,16,21H,5,7,10-13H2,1H3/t16-,18-/m1/s1. The lowest BCUT2D eigenvalue weighted by atomic mass is 9.97. The van der Waals surface area contributed by atoms with Crippen molar-refractivity contribution in [3.63, 3.8) is 0 Å². The van der Waals surface area contributed by atoms with Gasteiger partial charge in [0.25, 0.3) is 0 Å². The molecule has 0 saturated carbocycles. The summed E-state index contributed by atoms with van der Waals surface area (Å²) in [4.78, 5) is 6.82. The van der Waals surface area contributed by atoms with E-state index in [1.165, 1.54) is 12.1 Å². The van der Waals surface area contributed by atoms with Gasteiger partial charge in [0.05, 0.1) is 24.8 Å². The number of hydrogen-bond donors (Lipinski definition) is 1. The molecule has 6 heteroatoms. The maximum Gasteiger partial charge on any atom is 0.125 e. The van der Waals surface area contributed by atoms with Crippen LogP contribution in [0.25, 0.3) is 0 Å². The number of nitrogens with one attached hydrogen (secondary N) is 1. The second kappa shape index (κ2) is 6.18. The molecule has 1 aromatic carbocycles. The third-order valence-corrected chi connectivity index (χ3v) is 5.09. The number of likely N-dealkylation sites (tertiary alicyclic amines) is 1. The van der Waals surface area contributed by atoms with Gasteiger partial charge in [-0.3, -0.25) is 4.90 Å². The molecular formula is C18H23FN4O. The molecule has 2 saturated heterocycles. The summed E-state index contributed by atoms with van der Waals surface area (Å²) in [5.74, 6) is 0.871. The number of rotatable bonds is 4. The second-order valence-corrected chi connectivity index (χ2v) is 6.96. The molecule has 2 fully saturated rings. The quantitative estimate of drug-likeness (QED) is 0.935. The molecule has 2 aromatic rings. The fourth-order valence-corrected chi connectivity index (χ4v) is 3.85. The van der Waals surface area contributed by atoms with Gasteiger partial charge in [0.1, 0.15) is 11.6 Å². The predicted octanol–water partition coefficient (Wildman–Crippen LogP) is 2.40. The first-order chi connectivity index (χ1) is 11.6. The minimum absolute atomic E-state index is 0.0733. The van der Waals surface area contributed by atoms with Gasteiger partial charge in [0.15, 0.2) is 0 Å². The van der Waals surface area contributed by atoms with Gasteiger partial charge in [-0.25, -0.2) is 9.37 Å². The van der Waals surface area contributed by atoms with Crippen LogP contribution in [0.15, 0.2) is 36.7 Å². The molecular weight excluding hydrogens is 307 g/mol. The van der Waals surface area contributed by atoms with Crippen LogP contribution in [0.4, 0.5) is 10.1 Å². The normalized spacial score (nSPS) is 27.2. The highest BCUT2D eigenvalue weighted by molar-refractivity contribution is 5.44. The summed E-state index contributed by atoms with van der Waals surface area (Å²) in [6.07, 6.45) is 5.82. The van der Waals surface area contributed by atoms with Crippen molar-refractivity contribution in [2.45, 2.75) is 31.0 Å². The Morgan fingerprint density at radius 3 is 3.17 bits per heavy atom. The van der Waals surface area contributed by atoms with Crippen molar-refractivity contribution in [2.75, 3.05) is 25.0 Å². The van der Waals surface area contributed by atoms with Crippen molar-refractivity contribution in [1.29, 1.82) is 0 Å². The van der Waals surface area contributed by atoms with Gasteiger partial charge < -0.3 is 14.6 Å². The van der Waals surface area contributed by atoms with E-state index in [0.29, 0.717) is 6.61 Å². The Kier molecular flexibility index (Phi) is 4.02. The highest BCUT2D eigenvalue weighted by atomic mass is 19.1. The third kappa shape index (κ3) is 3.16. The van der Waals surface area contributed by atoms with Crippen LogP contribution in [0.3, 0.4) is 0 Å². The first kappa shape index (κ1) is 15.6. The van der Waals surface area contributed by atoms with Gasteiger partial charge in [-0.15, -0.1) is 0 Å². The molecule has 2 aliphatic heterocycles. The lowest BCUT2D eigenvalue weighted by molar-refractivity contribution is 0.0117. The number of aromatic nitrogens is 2. The van der Waals surface area contributed by atoms with Crippen molar-refractivity contribution in [3.05, 3.63) is 48.3 Å². The molecule has 2 atom stereocenters. The summed E-state index contributed by atoms with van der Waals surface area (Å²) in [5.41, 5.74) is 0.749. The first-order valence-corrected chi connectivity index (χ1v) is 8.47. The van der Waals surface area contributed by atoms with Gasteiger partial charge in [-0.1, -0.05) is 6.07 Å². The van der Waals surface area contributed by atoms with E-state index < -0.39 is 0 Å². The third-order valence-electron chi connectivity index (χ3n) is 5.09. The van der Waals surface area contributed by atoms with Crippen molar-refractivity contribution in [2.24, 2.45) is 7.05 Å². The first-order valence-electron chi connectivity index (χ1n) is 8.47. The van der Waals surface area contributed by atoms with Gasteiger partial charge in [-0.2, -0.15) is 0 Å². The van der Waals surface area contributed by atoms with Gasteiger partial charge in [-0.05, 0) is 24.6 Å². The maximum atomic E-state index is 13.3. The van der Waals surface area contributed by atoms with Gasteiger partial charge in [0, 0.05) is 44.6 Å². The Bertz CT molecular complexity index is 719. The van der Waals surface area contributed by atoms with Crippen LogP contribution in [0.5, 0.6) is 0 Å². The molecule has 0 radical (unpaired) electrons. The van der Waals surface area contributed by atoms with Gasteiger partial charge in [0.2, 0.25) is 0 Å². The molecule has 24 heavy (non-hydrogen) atoms. The number of nitrogens with zero attached hydrogens (tertiary/aromatic N) is 3. The van der Waals surface area contributed by atoms with Crippen LogP contribution in [0.1, 0.15) is 18.7 Å². The number of aryl methyl sites for hydroxylation is 1. The number of benzene rings is 1. The van der Waals surface area contributed by atoms with E-state index in [-0.39, 0.29) is 17.5 Å². The Hall–Kier alpha value is -1.92. The number of halogens is 1. The molecule has 0 bridgehead atoms. The number of anilines is 1. The van der Waals surface area contributed by atoms with E-state index in [1.54, 1.807) is 6.07 Å².